The number of likely N-dealkylation sites (tertiary alicyclic amines) is 1. The minimum Gasteiger partial charge on any atom is -0.497 e. The average Bonchev–Trinajstić information content (AvgIpc) is 3.09. The Kier molecular flexibility index (Phi) is 4.55. The van der Waals surface area contributed by atoms with E-state index in [1.54, 1.807) is 7.11 Å². The molecule has 2 aliphatic rings. The third kappa shape index (κ3) is 2.76. The van der Waals surface area contributed by atoms with Crippen molar-refractivity contribution in [1.29, 1.82) is 0 Å². The van der Waals surface area contributed by atoms with E-state index in [2.05, 4.69) is 5.32 Å². The molecule has 0 saturated carbocycles. The number of hydrogen-bond acceptors (Lipinski definition) is 3. The number of nitrogens with zero attached hydrogens (tertiary/aromatic N) is 1. The minimum absolute atomic E-state index is 0. The molecule has 1 N–H and O–H groups in total. The van der Waals surface area contributed by atoms with Gasteiger partial charge in [0.25, 0.3) is 5.91 Å². The van der Waals surface area contributed by atoms with Gasteiger partial charge in [0.15, 0.2) is 0 Å². The average molecular weight is 297 g/mol. The predicted molar refractivity (Wildman–Crippen MR) is 80.7 cm³/mol. The van der Waals surface area contributed by atoms with Crippen LogP contribution in [0.3, 0.4) is 0 Å². The van der Waals surface area contributed by atoms with E-state index in [4.69, 9.17) is 4.74 Å². The number of benzene rings is 1. The predicted octanol–water partition coefficient (Wildman–Crippen LogP) is 1.94. The van der Waals surface area contributed by atoms with Crippen LogP contribution in [0.15, 0.2) is 24.3 Å². The van der Waals surface area contributed by atoms with Crippen molar-refractivity contribution in [2.75, 3.05) is 33.3 Å². The van der Waals surface area contributed by atoms with Crippen molar-refractivity contribution in [2.45, 2.75) is 12.8 Å². The van der Waals surface area contributed by atoms with Crippen LogP contribution >= 0.6 is 12.4 Å². The molecule has 110 valence electrons. The van der Waals surface area contributed by atoms with Crippen LogP contribution in [0.5, 0.6) is 5.75 Å². The summed E-state index contributed by atoms with van der Waals surface area (Å²) in [7, 11) is 1.63. The largest absolute Gasteiger partial charge is 0.497 e. The number of ether oxygens (including phenoxy) is 1. The summed E-state index contributed by atoms with van der Waals surface area (Å²) in [6.45, 7) is 3.92. The molecule has 1 aromatic carbocycles. The fourth-order valence-corrected chi connectivity index (χ4v) is 3.17. The molecule has 2 saturated heterocycles. The van der Waals surface area contributed by atoms with E-state index in [9.17, 15) is 4.79 Å². The second-order valence-corrected chi connectivity index (χ2v) is 5.63. The third-order valence-corrected chi connectivity index (χ3v) is 4.39. The number of carbonyl (C=O) groups is 1. The molecule has 0 bridgehead atoms. The van der Waals surface area contributed by atoms with Gasteiger partial charge in [0, 0.05) is 30.6 Å². The van der Waals surface area contributed by atoms with E-state index in [1.807, 2.05) is 29.2 Å². The van der Waals surface area contributed by atoms with Crippen LogP contribution in [-0.4, -0.2) is 44.1 Å². The Balaban J connectivity index is 0.00000147. The van der Waals surface area contributed by atoms with Crippen molar-refractivity contribution in [3.8, 4) is 5.75 Å². The fraction of sp³-hybridized carbons (Fsp3) is 0.533. The molecule has 0 aromatic heterocycles. The number of rotatable bonds is 2. The molecule has 4 nitrogen and oxygen atoms in total. The van der Waals surface area contributed by atoms with E-state index in [1.165, 1.54) is 6.42 Å². The van der Waals surface area contributed by atoms with Gasteiger partial charge in [-0.25, -0.2) is 0 Å². The summed E-state index contributed by atoms with van der Waals surface area (Å²) in [6.07, 6.45) is 2.32. The zero-order valence-electron chi connectivity index (χ0n) is 11.7. The molecule has 5 heteroatoms. The van der Waals surface area contributed by atoms with Crippen molar-refractivity contribution < 1.29 is 9.53 Å². The second kappa shape index (κ2) is 6.02. The maximum absolute atomic E-state index is 12.5. The van der Waals surface area contributed by atoms with E-state index in [0.717, 1.165) is 43.9 Å². The highest BCUT2D eigenvalue weighted by Crippen LogP contribution is 2.36. The van der Waals surface area contributed by atoms with Crippen molar-refractivity contribution in [2.24, 2.45) is 5.41 Å². The van der Waals surface area contributed by atoms with Crippen LogP contribution < -0.4 is 10.1 Å². The van der Waals surface area contributed by atoms with Crippen molar-refractivity contribution in [3.05, 3.63) is 29.8 Å². The smallest absolute Gasteiger partial charge is 0.253 e. The number of nitrogens with one attached hydrogen (secondary N) is 1. The monoisotopic (exact) mass is 296 g/mol. The molecule has 1 spiro atoms. The van der Waals surface area contributed by atoms with E-state index in [0.29, 0.717) is 5.41 Å². The van der Waals surface area contributed by atoms with Crippen LogP contribution in [0.25, 0.3) is 0 Å². The topological polar surface area (TPSA) is 41.6 Å². The first-order valence-electron chi connectivity index (χ1n) is 6.87. The summed E-state index contributed by atoms with van der Waals surface area (Å²) in [5, 5.41) is 3.41. The molecule has 2 heterocycles. The first kappa shape index (κ1) is 15.1. The lowest BCUT2D eigenvalue weighted by Gasteiger charge is -2.22. The van der Waals surface area contributed by atoms with Gasteiger partial charge in [-0.05, 0) is 43.7 Å². The second-order valence-electron chi connectivity index (χ2n) is 5.63. The van der Waals surface area contributed by atoms with Crippen LogP contribution in [0.4, 0.5) is 0 Å². The Hall–Kier alpha value is -1.26. The zero-order valence-corrected chi connectivity index (χ0v) is 12.5. The van der Waals surface area contributed by atoms with Crippen LogP contribution in [-0.2, 0) is 0 Å². The SMILES string of the molecule is COc1ccc(C(=O)N2CCC3(CCNC3)C2)cc1.Cl. The molecular weight excluding hydrogens is 276 g/mol. The molecule has 1 atom stereocenters. The van der Waals surface area contributed by atoms with E-state index < -0.39 is 0 Å². The van der Waals surface area contributed by atoms with E-state index >= 15 is 0 Å². The summed E-state index contributed by atoms with van der Waals surface area (Å²) in [4.78, 5) is 14.4. The summed E-state index contributed by atoms with van der Waals surface area (Å²) in [5.74, 6) is 0.931. The molecule has 0 aliphatic carbocycles. The quantitative estimate of drug-likeness (QED) is 0.907. The fourth-order valence-electron chi connectivity index (χ4n) is 3.17. The summed E-state index contributed by atoms with van der Waals surface area (Å²) < 4.78 is 5.12. The summed E-state index contributed by atoms with van der Waals surface area (Å²) in [6, 6.07) is 7.38. The van der Waals surface area contributed by atoms with Crippen molar-refractivity contribution in [3.63, 3.8) is 0 Å². The minimum atomic E-state index is 0. The summed E-state index contributed by atoms with van der Waals surface area (Å²) in [5.41, 5.74) is 1.09. The van der Waals surface area contributed by atoms with Gasteiger partial charge in [-0.1, -0.05) is 0 Å². The van der Waals surface area contributed by atoms with Crippen LogP contribution in [0.1, 0.15) is 23.2 Å². The number of carbonyl (C=O) groups excluding carboxylic acids is 1. The highest BCUT2D eigenvalue weighted by Gasteiger charge is 2.41. The lowest BCUT2D eigenvalue weighted by atomic mass is 9.86. The summed E-state index contributed by atoms with van der Waals surface area (Å²) >= 11 is 0. The van der Waals surface area contributed by atoms with Gasteiger partial charge in [-0.15, -0.1) is 12.4 Å². The zero-order chi connectivity index (χ0) is 13.3. The lowest BCUT2D eigenvalue weighted by molar-refractivity contribution is 0.0775. The normalized spacial score (nSPS) is 24.8. The molecule has 20 heavy (non-hydrogen) atoms. The standard InChI is InChI=1S/C15H20N2O2.ClH/c1-19-13-4-2-12(3-5-13)14(18)17-9-7-15(11-17)6-8-16-10-15;/h2-5,16H,6-11H2,1H3;1H. The molecule has 1 amide bonds. The molecule has 1 aromatic rings. The number of halogens is 1. The molecular formula is C15H21ClN2O2. The first-order chi connectivity index (χ1) is 9.22. The maximum Gasteiger partial charge on any atom is 0.253 e. The Bertz CT molecular complexity index is 469. The maximum atomic E-state index is 12.5. The van der Waals surface area contributed by atoms with Crippen LogP contribution in [0, 0.1) is 5.41 Å². The van der Waals surface area contributed by atoms with Crippen LogP contribution in [0.2, 0.25) is 0 Å². The Morgan fingerprint density at radius 1 is 1.30 bits per heavy atom. The molecule has 2 aliphatic heterocycles. The molecule has 1 unspecified atom stereocenters. The van der Waals surface area contributed by atoms with Crippen molar-refractivity contribution in [1.82, 2.24) is 10.2 Å². The number of hydrogen-bond donors (Lipinski definition) is 1. The molecule has 3 rings (SSSR count). The van der Waals surface area contributed by atoms with Gasteiger partial charge < -0.3 is 15.0 Å². The van der Waals surface area contributed by atoms with Gasteiger partial charge in [0.2, 0.25) is 0 Å². The Morgan fingerprint density at radius 2 is 2.05 bits per heavy atom. The van der Waals surface area contributed by atoms with Gasteiger partial charge in [0.1, 0.15) is 5.75 Å². The lowest BCUT2D eigenvalue weighted by Crippen LogP contribution is -2.33. The Labute approximate surface area is 125 Å². The van der Waals surface area contributed by atoms with Gasteiger partial charge in [-0.2, -0.15) is 0 Å². The van der Waals surface area contributed by atoms with Crippen molar-refractivity contribution >= 4 is 18.3 Å². The highest BCUT2D eigenvalue weighted by molar-refractivity contribution is 5.94. The number of methoxy groups -OCH3 is 1. The van der Waals surface area contributed by atoms with E-state index in [-0.39, 0.29) is 18.3 Å². The van der Waals surface area contributed by atoms with Gasteiger partial charge in [-0.3, -0.25) is 4.79 Å². The first-order valence-corrected chi connectivity index (χ1v) is 6.87. The third-order valence-electron chi connectivity index (χ3n) is 4.39. The number of amides is 1. The molecule has 0 radical (unpaired) electrons. The van der Waals surface area contributed by atoms with Gasteiger partial charge in [0.05, 0.1) is 7.11 Å². The highest BCUT2D eigenvalue weighted by atomic mass is 35.5. The van der Waals surface area contributed by atoms with Gasteiger partial charge >= 0.3 is 0 Å². The molecule has 2 fully saturated rings. The Morgan fingerprint density at radius 3 is 2.65 bits per heavy atom.